The third kappa shape index (κ3) is 4.36. The van der Waals surface area contributed by atoms with Crippen LogP contribution in [0.2, 0.25) is 0 Å². The van der Waals surface area contributed by atoms with E-state index in [2.05, 4.69) is 21.2 Å². The molecule has 114 valence electrons. The summed E-state index contributed by atoms with van der Waals surface area (Å²) in [6.07, 6.45) is 1.22. The van der Waals surface area contributed by atoms with Crippen LogP contribution in [0.5, 0.6) is 11.5 Å². The zero-order chi connectivity index (χ0) is 15.3. The van der Waals surface area contributed by atoms with Gasteiger partial charge in [0, 0.05) is 17.9 Å². The molecular formula is C13H20BrNO4S. The lowest BCUT2D eigenvalue weighted by molar-refractivity contribution is 0.381. The minimum absolute atomic E-state index is 0.00989. The smallest absolute Gasteiger partial charge is 0.149 e. The van der Waals surface area contributed by atoms with Crippen molar-refractivity contribution in [2.24, 2.45) is 0 Å². The molecule has 1 aromatic rings. The fourth-order valence-corrected chi connectivity index (χ4v) is 3.59. The molecule has 1 aromatic carbocycles. The van der Waals surface area contributed by atoms with E-state index in [9.17, 15) is 8.42 Å². The molecule has 0 bridgehead atoms. The molecule has 1 N–H and O–H groups in total. The molecule has 0 aliphatic rings. The van der Waals surface area contributed by atoms with Crippen LogP contribution in [0.4, 0.5) is 0 Å². The third-order valence-corrected chi connectivity index (χ3v) is 4.50. The fourth-order valence-electron chi connectivity index (χ4n) is 2.00. The van der Waals surface area contributed by atoms with Crippen LogP contribution < -0.4 is 14.8 Å². The van der Waals surface area contributed by atoms with Gasteiger partial charge >= 0.3 is 0 Å². The summed E-state index contributed by atoms with van der Waals surface area (Å²) in [4.78, 5) is 0. The van der Waals surface area contributed by atoms with Crippen LogP contribution >= 0.6 is 15.9 Å². The number of sulfone groups is 1. The second-order valence-corrected chi connectivity index (χ2v) is 7.38. The molecule has 0 aromatic heterocycles. The molecule has 20 heavy (non-hydrogen) atoms. The number of methoxy groups -OCH3 is 2. The summed E-state index contributed by atoms with van der Waals surface area (Å²) < 4.78 is 34.5. The van der Waals surface area contributed by atoms with E-state index in [1.54, 1.807) is 20.3 Å². The summed E-state index contributed by atoms with van der Waals surface area (Å²) in [6, 6.07) is 3.28. The first-order chi connectivity index (χ1) is 9.34. The van der Waals surface area contributed by atoms with E-state index >= 15 is 0 Å². The second-order valence-electron chi connectivity index (χ2n) is 4.41. The molecule has 0 spiro atoms. The van der Waals surface area contributed by atoms with Gasteiger partial charge in [0.2, 0.25) is 0 Å². The summed E-state index contributed by atoms with van der Waals surface area (Å²) >= 11 is 3.42. The average molecular weight is 366 g/mol. The predicted octanol–water partition coefficient (Wildman–Crippen LogP) is 2.16. The number of rotatable bonds is 7. The van der Waals surface area contributed by atoms with E-state index in [0.717, 1.165) is 5.56 Å². The molecule has 5 nitrogen and oxygen atoms in total. The number of hydrogen-bond acceptors (Lipinski definition) is 5. The minimum atomic E-state index is -3.11. The van der Waals surface area contributed by atoms with Gasteiger partial charge in [-0.3, -0.25) is 0 Å². The van der Waals surface area contributed by atoms with Gasteiger partial charge in [-0.1, -0.05) is 6.92 Å². The molecular weight excluding hydrogens is 346 g/mol. The van der Waals surface area contributed by atoms with Gasteiger partial charge in [-0.25, -0.2) is 8.42 Å². The SMILES string of the molecule is CCNC(CS(C)(=O)=O)c1ccc(OC)c(Br)c1OC. The number of ether oxygens (including phenoxy) is 2. The molecule has 1 unspecified atom stereocenters. The fraction of sp³-hybridized carbons (Fsp3) is 0.538. The summed E-state index contributed by atoms with van der Waals surface area (Å²) in [5.41, 5.74) is 0.785. The molecule has 1 rings (SSSR count). The van der Waals surface area contributed by atoms with Crippen molar-refractivity contribution in [3.63, 3.8) is 0 Å². The van der Waals surface area contributed by atoms with E-state index < -0.39 is 9.84 Å². The summed E-state index contributed by atoms with van der Waals surface area (Å²) in [7, 11) is 0.00324. The van der Waals surface area contributed by atoms with Crippen LogP contribution in [0.25, 0.3) is 0 Å². The maximum Gasteiger partial charge on any atom is 0.149 e. The van der Waals surface area contributed by atoms with Crippen molar-refractivity contribution in [2.75, 3.05) is 32.8 Å². The number of halogens is 1. The molecule has 0 aliphatic heterocycles. The van der Waals surface area contributed by atoms with Crippen LogP contribution in [0.15, 0.2) is 16.6 Å². The molecule has 1 atom stereocenters. The minimum Gasteiger partial charge on any atom is -0.495 e. The van der Waals surface area contributed by atoms with Crippen molar-refractivity contribution in [2.45, 2.75) is 13.0 Å². The van der Waals surface area contributed by atoms with Gasteiger partial charge in [-0.05, 0) is 34.6 Å². The maximum atomic E-state index is 11.6. The van der Waals surface area contributed by atoms with Crippen molar-refractivity contribution >= 4 is 25.8 Å². The molecule has 0 radical (unpaired) electrons. The highest BCUT2D eigenvalue weighted by Crippen LogP contribution is 2.39. The van der Waals surface area contributed by atoms with Gasteiger partial charge in [0.05, 0.1) is 20.0 Å². The Labute approximate surface area is 128 Å². The summed E-state index contributed by atoms with van der Waals surface area (Å²) in [6.45, 7) is 2.59. The van der Waals surface area contributed by atoms with Gasteiger partial charge in [0.25, 0.3) is 0 Å². The lowest BCUT2D eigenvalue weighted by atomic mass is 10.1. The number of benzene rings is 1. The monoisotopic (exact) mass is 365 g/mol. The Bertz CT molecular complexity index is 560. The van der Waals surface area contributed by atoms with Gasteiger partial charge in [-0.15, -0.1) is 0 Å². The van der Waals surface area contributed by atoms with Gasteiger partial charge in [-0.2, -0.15) is 0 Å². The molecule has 0 aliphatic carbocycles. The largest absolute Gasteiger partial charge is 0.495 e. The Hall–Kier alpha value is -0.790. The van der Waals surface area contributed by atoms with Crippen molar-refractivity contribution in [3.8, 4) is 11.5 Å². The van der Waals surface area contributed by atoms with Crippen LogP contribution in [0, 0.1) is 0 Å². The van der Waals surface area contributed by atoms with Crippen molar-refractivity contribution in [1.82, 2.24) is 5.32 Å². The molecule has 0 amide bonds. The lowest BCUT2D eigenvalue weighted by Crippen LogP contribution is -2.28. The summed E-state index contributed by atoms with van der Waals surface area (Å²) in [5.74, 6) is 1.23. The van der Waals surface area contributed by atoms with E-state index in [1.165, 1.54) is 6.26 Å². The van der Waals surface area contributed by atoms with Crippen LogP contribution in [-0.4, -0.2) is 41.2 Å². The molecule has 7 heteroatoms. The first kappa shape index (κ1) is 17.3. The van der Waals surface area contributed by atoms with Gasteiger partial charge < -0.3 is 14.8 Å². The topological polar surface area (TPSA) is 64.6 Å². The highest BCUT2D eigenvalue weighted by Gasteiger charge is 2.23. The quantitative estimate of drug-likeness (QED) is 0.801. The van der Waals surface area contributed by atoms with E-state index in [-0.39, 0.29) is 11.8 Å². The Morgan fingerprint density at radius 2 is 1.95 bits per heavy atom. The Morgan fingerprint density at radius 3 is 2.40 bits per heavy atom. The molecule has 0 fully saturated rings. The van der Waals surface area contributed by atoms with Crippen LogP contribution in [-0.2, 0) is 9.84 Å². The molecule has 0 heterocycles. The van der Waals surface area contributed by atoms with Crippen LogP contribution in [0.1, 0.15) is 18.5 Å². The van der Waals surface area contributed by atoms with Crippen molar-refractivity contribution < 1.29 is 17.9 Å². The normalized spacial score (nSPS) is 13.1. The van der Waals surface area contributed by atoms with Gasteiger partial charge in [0.1, 0.15) is 25.8 Å². The zero-order valence-electron chi connectivity index (χ0n) is 12.1. The summed E-state index contributed by atoms with van der Waals surface area (Å²) in [5, 5.41) is 3.17. The number of nitrogens with one attached hydrogen (secondary N) is 1. The lowest BCUT2D eigenvalue weighted by Gasteiger charge is -2.21. The zero-order valence-corrected chi connectivity index (χ0v) is 14.5. The Kier molecular flexibility index (Phi) is 6.29. The Balaban J connectivity index is 3.29. The van der Waals surface area contributed by atoms with E-state index in [0.29, 0.717) is 22.5 Å². The highest BCUT2D eigenvalue weighted by molar-refractivity contribution is 9.10. The number of hydrogen-bond donors (Lipinski definition) is 1. The van der Waals surface area contributed by atoms with E-state index in [1.807, 2.05) is 13.0 Å². The molecule has 0 saturated heterocycles. The second kappa shape index (κ2) is 7.28. The first-order valence-electron chi connectivity index (χ1n) is 6.15. The standard InChI is InChI=1S/C13H20BrNO4S/c1-5-15-10(8-20(4,16)17)9-6-7-11(18-2)12(14)13(9)19-3/h6-7,10,15H,5,8H2,1-4H3. The third-order valence-electron chi connectivity index (χ3n) is 2.81. The maximum absolute atomic E-state index is 11.6. The molecule has 0 saturated carbocycles. The first-order valence-corrected chi connectivity index (χ1v) is 9.00. The van der Waals surface area contributed by atoms with Gasteiger partial charge in [0.15, 0.2) is 0 Å². The van der Waals surface area contributed by atoms with Crippen molar-refractivity contribution in [1.29, 1.82) is 0 Å². The Morgan fingerprint density at radius 1 is 1.30 bits per heavy atom. The highest BCUT2D eigenvalue weighted by atomic mass is 79.9. The van der Waals surface area contributed by atoms with E-state index in [4.69, 9.17) is 9.47 Å². The van der Waals surface area contributed by atoms with Crippen molar-refractivity contribution in [3.05, 3.63) is 22.2 Å². The predicted molar refractivity (Wildman–Crippen MR) is 83.4 cm³/mol. The average Bonchev–Trinajstić information content (AvgIpc) is 2.36. The van der Waals surface area contributed by atoms with Crippen LogP contribution in [0.3, 0.4) is 0 Å².